The normalized spacial score (nSPS) is 12.5. The minimum Gasteiger partial charge on any atom is -0.493 e. The minimum absolute atomic E-state index is 0.170. The molecule has 0 atom stereocenters. The summed E-state index contributed by atoms with van der Waals surface area (Å²) in [5, 5.41) is 11.0. The Morgan fingerprint density at radius 2 is 2.00 bits per heavy atom. The number of hydrogen-bond acceptors (Lipinski definition) is 6. The van der Waals surface area contributed by atoms with E-state index in [0.717, 1.165) is 33.3 Å². The third kappa shape index (κ3) is 3.94. The summed E-state index contributed by atoms with van der Waals surface area (Å²) in [5.74, 6) is 2.43. The minimum atomic E-state index is -0.170. The van der Waals surface area contributed by atoms with Crippen LogP contribution in [0.3, 0.4) is 0 Å². The SMILES string of the molecule is CCOc1ccncc1-c1ccc2[nH]nc(NC(=O)Cc3ccc4c(c3)OCCO4)c2c1. The van der Waals surface area contributed by atoms with E-state index in [4.69, 9.17) is 14.2 Å². The zero-order valence-corrected chi connectivity index (χ0v) is 17.6. The lowest BCUT2D eigenvalue weighted by Crippen LogP contribution is -2.17. The summed E-state index contributed by atoms with van der Waals surface area (Å²) in [6, 6.07) is 13.2. The lowest BCUT2D eigenvalue weighted by Gasteiger charge is -2.18. The molecular weight excluding hydrogens is 408 g/mol. The van der Waals surface area contributed by atoms with Gasteiger partial charge in [0.15, 0.2) is 17.3 Å². The Balaban J connectivity index is 1.38. The second-order valence-corrected chi connectivity index (χ2v) is 7.34. The van der Waals surface area contributed by atoms with Crippen LogP contribution >= 0.6 is 0 Å². The molecule has 0 saturated heterocycles. The Labute approximate surface area is 184 Å². The number of anilines is 1. The molecule has 8 heteroatoms. The summed E-state index contributed by atoms with van der Waals surface area (Å²) < 4.78 is 16.9. The number of ether oxygens (including phenoxy) is 3. The van der Waals surface area contributed by atoms with Crippen molar-refractivity contribution in [1.29, 1.82) is 0 Å². The topological polar surface area (TPSA) is 98.4 Å². The molecule has 0 fully saturated rings. The van der Waals surface area contributed by atoms with Gasteiger partial charge in [-0.2, -0.15) is 5.10 Å². The molecule has 8 nitrogen and oxygen atoms in total. The van der Waals surface area contributed by atoms with Crippen molar-refractivity contribution >= 4 is 22.6 Å². The van der Waals surface area contributed by atoms with Gasteiger partial charge in [0.25, 0.3) is 0 Å². The van der Waals surface area contributed by atoms with Crippen molar-refractivity contribution < 1.29 is 19.0 Å². The molecule has 5 rings (SSSR count). The van der Waals surface area contributed by atoms with Gasteiger partial charge in [0.2, 0.25) is 5.91 Å². The number of H-pyrrole nitrogens is 1. The van der Waals surface area contributed by atoms with E-state index in [9.17, 15) is 4.79 Å². The van der Waals surface area contributed by atoms with Crippen LogP contribution < -0.4 is 19.5 Å². The fourth-order valence-electron chi connectivity index (χ4n) is 3.72. The molecule has 32 heavy (non-hydrogen) atoms. The summed E-state index contributed by atoms with van der Waals surface area (Å²) in [7, 11) is 0. The molecule has 4 aromatic rings. The van der Waals surface area contributed by atoms with Crippen LogP contribution in [-0.4, -0.2) is 40.9 Å². The van der Waals surface area contributed by atoms with Gasteiger partial charge in [-0.15, -0.1) is 0 Å². The second-order valence-electron chi connectivity index (χ2n) is 7.34. The van der Waals surface area contributed by atoms with Crippen molar-refractivity contribution in [3.8, 4) is 28.4 Å². The average molecular weight is 430 g/mol. The Morgan fingerprint density at radius 3 is 2.88 bits per heavy atom. The highest BCUT2D eigenvalue weighted by Crippen LogP contribution is 2.33. The Hall–Kier alpha value is -4.07. The molecular formula is C24H22N4O4. The maximum Gasteiger partial charge on any atom is 0.230 e. The van der Waals surface area contributed by atoms with Crippen molar-refractivity contribution in [2.75, 3.05) is 25.1 Å². The van der Waals surface area contributed by atoms with Gasteiger partial charge in [-0.25, -0.2) is 0 Å². The first-order valence-corrected chi connectivity index (χ1v) is 10.4. The monoisotopic (exact) mass is 430 g/mol. The highest BCUT2D eigenvalue weighted by Gasteiger charge is 2.16. The molecule has 2 N–H and O–H groups in total. The molecule has 2 aromatic heterocycles. The van der Waals surface area contributed by atoms with Crippen molar-refractivity contribution in [3.63, 3.8) is 0 Å². The summed E-state index contributed by atoms with van der Waals surface area (Å²) in [4.78, 5) is 16.9. The van der Waals surface area contributed by atoms with E-state index in [0.29, 0.717) is 37.1 Å². The fourth-order valence-corrected chi connectivity index (χ4v) is 3.72. The van der Waals surface area contributed by atoms with E-state index in [1.165, 1.54) is 0 Å². The predicted octanol–water partition coefficient (Wildman–Crippen LogP) is 3.98. The number of pyridine rings is 1. The number of carbonyl (C=O) groups excluding carboxylic acids is 1. The molecule has 0 saturated carbocycles. The van der Waals surface area contributed by atoms with Gasteiger partial charge < -0.3 is 19.5 Å². The third-order valence-electron chi connectivity index (χ3n) is 5.18. The Morgan fingerprint density at radius 1 is 1.12 bits per heavy atom. The van der Waals surface area contributed by atoms with E-state index >= 15 is 0 Å². The van der Waals surface area contributed by atoms with Crippen LogP contribution in [0.4, 0.5) is 5.82 Å². The number of nitrogens with zero attached hydrogens (tertiary/aromatic N) is 2. The van der Waals surface area contributed by atoms with Crippen LogP contribution in [0.1, 0.15) is 12.5 Å². The van der Waals surface area contributed by atoms with E-state index in [2.05, 4.69) is 20.5 Å². The molecule has 2 aromatic carbocycles. The van der Waals surface area contributed by atoms with Crippen molar-refractivity contribution in [3.05, 3.63) is 60.4 Å². The molecule has 1 aliphatic heterocycles. The van der Waals surface area contributed by atoms with Crippen LogP contribution in [0.15, 0.2) is 54.9 Å². The largest absolute Gasteiger partial charge is 0.493 e. The summed E-state index contributed by atoms with van der Waals surface area (Å²) >= 11 is 0. The first kappa shape index (κ1) is 19.9. The predicted molar refractivity (Wildman–Crippen MR) is 120 cm³/mol. The molecule has 0 bridgehead atoms. The van der Waals surface area contributed by atoms with Gasteiger partial charge in [-0.1, -0.05) is 12.1 Å². The number of amides is 1. The lowest BCUT2D eigenvalue weighted by atomic mass is 10.0. The number of aromatic nitrogens is 3. The third-order valence-corrected chi connectivity index (χ3v) is 5.18. The highest BCUT2D eigenvalue weighted by atomic mass is 16.6. The second kappa shape index (κ2) is 8.58. The van der Waals surface area contributed by atoms with Crippen LogP contribution in [-0.2, 0) is 11.2 Å². The molecule has 0 aliphatic carbocycles. The summed E-state index contributed by atoms with van der Waals surface area (Å²) in [6.07, 6.45) is 3.67. The Kier molecular flexibility index (Phi) is 5.33. The average Bonchev–Trinajstić information content (AvgIpc) is 3.21. The van der Waals surface area contributed by atoms with E-state index in [1.807, 2.05) is 49.4 Å². The highest BCUT2D eigenvalue weighted by molar-refractivity contribution is 6.01. The number of benzene rings is 2. The standard InChI is InChI=1S/C24H22N4O4/c1-2-30-20-7-8-25-14-18(20)16-4-5-19-17(13-16)24(28-27-19)26-23(29)12-15-3-6-21-22(11-15)32-10-9-31-21/h3-8,11,13-14H,2,9-10,12H2,1H3,(H2,26,27,28,29). The molecule has 3 heterocycles. The lowest BCUT2D eigenvalue weighted by molar-refractivity contribution is -0.115. The first-order chi connectivity index (χ1) is 15.7. The van der Waals surface area contributed by atoms with E-state index in [1.54, 1.807) is 12.4 Å². The number of fused-ring (bicyclic) bond motifs is 2. The summed E-state index contributed by atoms with van der Waals surface area (Å²) in [5.41, 5.74) is 3.47. The first-order valence-electron chi connectivity index (χ1n) is 10.4. The van der Waals surface area contributed by atoms with Crippen molar-refractivity contribution in [2.45, 2.75) is 13.3 Å². The van der Waals surface area contributed by atoms with Gasteiger partial charge in [-0.3, -0.25) is 14.9 Å². The molecule has 1 aliphatic rings. The van der Waals surface area contributed by atoms with E-state index in [-0.39, 0.29) is 12.3 Å². The number of carbonyl (C=O) groups is 1. The van der Waals surface area contributed by atoms with Crippen molar-refractivity contribution in [1.82, 2.24) is 15.2 Å². The molecule has 0 spiro atoms. The smallest absolute Gasteiger partial charge is 0.230 e. The quantitative estimate of drug-likeness (QED) is 0.480. The fraction of sp³-hybridized carbons (Fsp3) is 0.208. The van der Waals surface area contributed by atoms with Gasteiger partial charge in [-0.05, 0) is 48.4 Å². The molecule has 162 valence electrons. The number of nitrogens with one attached hydrogen (secondary N) is 2. The van der Waals surface area contributed by atoms with Gasteiger partial charge >= 0.3 is 0 Å². The van der Waals surface area contributed by atoms with Crippen LogP contribution in [0.5, 0.6) is 17.2 Å². The van der Waals surface area contributed by atoms with Crippen molar-refractivity contribution in [2.24, 2.45) is 0 Å². The van der Waals surface area contributed by atoms with Crippen LogP contribution in [0.25, 0.3) is 22.0 Å². The van der Waals surface area contributed by atoms with Gasteiger partial charge in [0.1, 0.15) is 19.0 Å². The van der Waals surface area contributed by atoms with Crippen LogP contribution in [0, 0.1) is 0 Å². The zero-order valence-electron chi connectivity index (χ0n) is 17.6. The number of rotatable bonds is 6. The van der Waals surface area contributed by atoms with Gasteiger partial charge in [0.05, 0.1) is 18.5 Å². The molecule has 0 radical (unpaired) electrons. The van der Waals surface area contributed by atoms with Gasteiger partial charge in [0, 0.05) is 23.3 Å². The Bertz CT molecular complexity index is 1280. The van der Waals surface area contributed by atoms with Crippen LogP contribution in [0.2, 0.25) is 0 Å². The maximum atomic E-state index is 12.7. The number of hydrogen-bond donors (Lipinski definition) is 2. The molecule has 1 amide bonds. The number of aromatic amines is 1. The van der Waals surface area contributed by atoms with E-state index < -0.39 is 0 Å². The summed E-state index contributed by atoms with van der Waals surface area (Å²) in [6.45, 7) is 3.54. The maximum absolute atomic E-state index is 12.7. The zero-order chi connectivity index (χ0) is 21.9. The molecule has 0 unspecified atom stereocenters.